The number of hydrogen-bond donors (Lipinski definition) is 0. The zero-order chi connectivity index (χ0) is 15.6. The van der Waals surface area contributed by atoms with E-state index in [1.54, 1.807) is 0 Å². The number of hydrogen-bond acceptors (Lipinski definition) is 0. The van der Waals surface area contributed by atoms with Crippen LogP contribution >= 0.6 is 0 Å². The Hall–Kier alpha value is -2.54. The molecule has 1 heterocycles. The topological polar surface area (TPSA) is 4.93 Å². The summed E-state index contributed by atoms with van der Waals surface area (Å²) in [5.41, 5.74) is 4.00. The van der Waals surface area contributed by atoms with Crippen molar-refractivity contribution >= 4 is 21.7 Å². The van der Waals surface area contributed by atoms with Crippen molar-refractivity contribution in [1.82, 2.24) is 4.57 Å². The van der Waals surface area contributed by atoms with Crippen LogP contribution in [0.25, 0.3) is 27.4 Å². The molecule has 1 nitrogen and oxygen atoms in total. The first-order chi connectivity index (χ1) is 11.4. The SMILES string of the molecule is CCCCc1cc2ccc3ccccc3c2n1-c1ccccc1. The third-order valence-electron chi connectivity index (χ3n) is 4.57. The van der Waals surface area contributed by atoms with Gasteiger partial charge in [-0.05, 0) is 36.4 Å². The second kappa shape index (κ2) is 5.92. The van der Waals surface area contributed by atoms with Crippen LogP contribution in [0.3, 0.4) is 0 Å². The summed E-state index contributed by atoms with van der Waals surface area (Å²) in [6, 6.07) is 26.3. The molecule has 0 saturated heterocycles. The van der Waals surface area contributed by atoms with E-state index in [2.05, 4.69) is 84.3 Å². The highest BCUT2D eigenvalue weighted by Crippen LogP contribution is 2.31. The lowest BCUT2D eigenvalue weighted by molar-refractivity contribution is 0.765. The van der Waals surface area contributed by atoms with E-state index in [0.717, 1.165) is 6.42 Å². The molecule has 0 atom stereocenters. The van der Waals surface area contributed by atoms with Crippen molar-refractivity contribution in [2.75, 3.05) is 0 Å². The predicted octanol–water partition coefficient (Wildman–Crippen LogP) is 6.13. The maximum atomic E-state index is 2.45. The Morgan fingerprint density at radius 1 is 0.783 bits per heavy atom. The molecule has 1 heteroatoms. The Bertz CT molecular complexity index is 948. The van der Waals surface area contributed by atoms with Gasteiger partial charge in [-0.3, -0.25) is 0 Å². The lowest BCUT2D eigenvalue weighted by Gasteiger charge is -2.12. The quantitative estimate of drug-likeness (QED) is 0.427. The number of aryl methyl sites for hydroxylation is 1. The van der Waals surface area contributed by atoms with E-state index in [0.29, 0.717) is 0 Å². The van der Waals surface area contributed by atoms with Crippen LogP contribution in [-0.4, -0.2) is 4.57 Å². The fourth-order valence-corrected chi connectivity index (χ4v) is 3.44. The van der Waals surface area contributed by atoms with Gasteiger partial charge in [-0.2, -0.15) is 0 Å². The lowest BCUT2D eigenvalue weighted by atomic mass is 10.1. The molecule has 114 valence electrons. The zero-order valence-electron chi connectivity index (χ0n) is 13.5. The number of unbranched alkanes of at least 4 members (excludes halogenated alkanes) is 1. The number of aromatic nitrogens is 1. The summed E-state index contributed by atoms with van der Waals surface area (Å²) in [6.45, 7) is 2.25. The normalized spacial score (nSPS) is 11.3. The fraction of sp³-hybridized carbons (Fsp3) is 0.182. The third kappa shape index (κ3) is 2.43. The maximum Gasteiger partial charge on any atom is 0.0609 e. The number of rotatable bonds is 4. The van der Waals surface area contributed by atoms with E-state index >= 15 is 0 Å². The second-order valence-corrected chi connectivity index (χ2v) is 6.13. The number of para-hydroxylation sites is 1. The molecule has 0 fully saturated rings. The molecule has 0 bridgehead atoms. The van der Waals surface area contributed by atoms with Gasteiger partial charge in [0, 0.05) is 22.2 Å². The Morgan fingerprint density at radius 2 is 1.52 bits per heavy atom. The van der Waals surface area contributed by atoms with Crippen molar-refractivity contribution in [3.05, 3.63) is 78.5 Å². The zero-order valence-corrected chi connectivity index (χ0v) is 13.5. The molecule has 1 aromatic heterocycles. The Balaban J connectivity index is 2.07. The van der Waals surface area contributed by atoms with E-state index in [1.165, 1.54) is 45.9 Å². The molecule has 3 aromatic carbocycles. The summed E-state index contributed by atoms with van der Waals surface area (Å²) in [6.07, 6.45) is 3.56. The van der Waals surface area contributed by atoms with Gasteiger partial charge in [0.15, 0.2) is 0 Å². The van der Waals surface area contributed by atoms with Crippen LogP contribution in [0.1, 0.15) is 25.5 Å². The van der Waals surface area contributed by atoms with Gasteiger partial charge >= 0.3 is 0 Å². The molecule has 0 saturated carbocycles. The van der Waals surface area contributed by atoms with Crippen LogP contribution in [-0.2, 0) is 6.42 Å². The van der Waals surface area contributed by atoms with Crippen molar-refractivity contribution in [2.24, 2.45) is 0 Å². The highest BCUT2D eigenvalue weighted by molar-refractivity contribution is 6.07. The average molecular weight is 299 g/mol. The minimum absolute atomic E-state index is 1.12. The van der Waals surface area contributed by atoms with E-state index in [1.807, 2.05) is 0 Å². The van der Waals surface area contributed by atoms with Gasteiger partial charge in [-0.25, -0.2) is 0 Å². The molecule has 0 unspecified atom stereocenters. The van der Waals surface area contributed by atoms with Gasteiger partial charge in [0.1, 0.15) is 0 Å². The fourth-order valence-electron chi connectivity index (χ4n) is 3.44. The molecule has 0 radical (unpaired) electrons. The largest absolute Gasteiger partial charge is 0.313 e. The van der Waals surface area contributed by atoms with E-state index < -0.39 is 0 Å². The van der Waals surface area contributed by atoms with Gasteiger partial charge in [-0.15, -0.1) is 0 Å². The van der Waals surface area contributed by atoms with E-state index in [4.69, 9.17) is 0 Å². The molecule has 4 aromatic rings. The highest BCUT2D eigenvalue weighted by atomic mass is 15.0. The number of nitrogens with zero attached hydrogens (tertiary/aromatic N) is 1. The van der Waals surface area contributed by atoms with Gasteiger partial charge in [-0.1, -0.05) is 67.9 Å². The minimum atomic E-state index is 1.12. The monoisotopic (exact) mass is 299 g/mol. The second-order valence-electron chi connectivity index (χ2n) is 6.13. The summed E-state index contributed by atoms with van der Waals surface area (Å²) in [5.74, 6) is 0. The molecule has 0 aliphatic carbocycles. The molecular weight excluding hydrogens is 278 g/mol. The summed E-state index contributed by atoms with van der Waals surface area (Å²) >= 11 is 0. The molecule has 0 spiro atoms. The van der Waals surface area contributed by atoms with Crippen LogP contribution in [0, 0.1) is 0 Å². The van der Waals surface area contributed by atoms with Gasteiger partial charge in [0.25, 0.3) is 0 Å². The van der Waals surface area contributed by atoms with Crippen molar-refractivity contribution in [2.45, 2.75) is 26.2 Å². The number of benzene rings is 3. The van der Waals surface area contributed by atoms with Crippen LogP contribution in [0.2, 0.25) is 0 Å². The maximum absolute atomic E-state index is 2.45. The van der Waals surface area contributed by atoms with Crippen molar-refractivity contribution in [3.8, 4) is 5.69 Å². The first kappa shape index (κ1) is 14.1. The molecule has 0 amide bonds. The predicted molar refractivity (Wildman–Crippen MR) is 99.4 cm³/mol. The summed E-state index contributed by atoms with van der Waals surface area (Å²) in [7, 11) is 0. The standard InChI is InChI=1S/C22H21N/c1-2-3-10-20-16-18-15-14-17-9-7-8-13-21(17)22(18)23(20)19-11-5-4-6-12-19/h4-9,11-16H,2-3,10H2,1H3. The van der Waals surface area contributed by atoms with Crippen molar-refractivity contribution in [1.29, 1.82) is 0 Å². The van der Waals surface area contributed by atoms with Crippen LogP contribution in [0.4, 0.5) is 0 Å². The van der Waals surface area contributed by atoms with Crippen molar-refractivity contribution in [3.63, 3.8) is 0 Å². The molecule has 4 rings (SSSR count). The summed E-state index contributed by atoms with van der Waals surface area (Å²) in [5, 5.41) is 3.97. The van der Waals surface area contributed by atoms with Gasteiger partial charge < -0.3 is 4.57 Å². The van der Waals surface area contributed by atoms with E-state index in [-0.39, 0.29) is 0 Å². The van der Waals surface area contributed by atoms with Crippen LogP contribution < -0.4 is 0 Å². The summed E-state index contributed by atoms with van der Waals surface area (Å²) < 4.78 is 2.45. The first-order valence-corrected chi connectivity index (χ1v) is 8.46. The average Bonchev–Trinajstić information content (AvgIpc) is 2.99. The van der Waals surface area contributed by atoms with Gasteiger partial charge in [0.05, 0.1) is 5.52 Å². The van der Waals surface area contributed by atoms with Crippen molar-refractivity contribution < 1.29 is 0 Å². The molecule has 23 heavy (non-hydrogen) atoms. The third-order valence-corrected chi connectivity index (χ3v) is 4.57. The molecule has 0 aliphatic rings. The lowest BCUT2D eigenvalue weighted by Crippen LogP contribution is -2.00. The number of fused-ring (bicyclic) bond motifs is 3. The Kier molecular flexibility index (Phi) is 3.63. The first-order valence-electron chi connectivity index (χ1n) is 8.46. The summed E-state index contributed by atoms with van der Waals surface area (Å²) in [4.78, 5) is 0. The smallest absolute Gasteiger partial charge is 0.0609 e. The van der Waals surface area contributed by atoms with E-state index in [9.17, 15) is 0 Å². The van der Waals surface area contributed by atoms with Gasteiger partial charge in [0.2, 0.25) is 0 Å². The van der Waals surface area contributed by atoms with Crippen LogP contribution in [0.15, 0.2) is 72.8 Å². The molecule has 0 N–H and O–H groups in total. The Labute approximate surface area is 137 Å². The Morgan fingerprint density at radius 3 is 2.35 bits per heavy atom. The highest BCUT2D eigenvalue weighted by Gasteiger charge is 2.12. The van der Waals surface area contributed by atoms with Crippen LogP contribution in [0.5, 0.6) is 0 Å². The molecular formula is C22H21N. The minimum Gasteiger partial charge on any atom is -0.313 e. The molecule has 0 aliphatic heterocycles.